The van der Waals surface area contributed by atoms with E-state index in [0.29, 0.717) is 6.61 Å². The molecular formula is C18H18N2O2S. The van der Waals surface area contributed by atoms with Crippen molar-refractivity contribution in [3.05, 3.63) is 66.1 Å². The lowest BCUT2D eigenvalue weighted by molar-refractivity contribution is -0.142. The van der Waals surface area contributed by atoms with E-state index < -0.39 is 0 Å². The number of hydrogen-bond donors (Lipinski definition) is 0. The van der Waals surface area contributed by atoms with Gasteiger partial charge in [-0.15, -0.1) is 0 Å². The first-order valence-electron chi connectivity index (χ1n) is 7.56. The Balaban J connectivity index is 1.84. The van der Waals surface area contributed by atoms with Crippen molar-refractivity contribution in [1.29, 1.82) is 0 Å². The van der Waals surface area contributed by atoms with Gasteiger partial charge in [0.05, 0.1) is 12.1 Å². The van der Waals surface area contributed by atoms with Crippen LogP contribution in [-0.4, -0.2) is 22.0 Å². The summed E-state index contributed by atoms with van der Waals surface area (Å²) in [6.07, 6.45) is 2.12. The van der Waals surface area contributed by atoms with Gasteiger partial charge in [-0.1, -0.05) is 48.2 Å². The van der Waals surface area contributed by atoms with E-state index in [-0.39, 0.29) is 12.4 Å². The van der Waals surface area contributed by atoms with Crippen molar-refractivity contribution in [3.8, 4) is 0 Å². The Morgan fingerprint density at radius 1 is 1.17 bits per heavy atom. The first kappa shape index (κ1) is 15.6. The minimum atomic E-state index is -0.247. The highest BCUT2D eigenvalue weighted by Gasteiger charge is 2.14. The van der Waals surface area contributed by atoms with Crippen LogP contribution in [0.4, 0.5) is 0 Å². The molecule has 118 valence electrons. The van der Waals surface area contributed by atoms with Gasteiger partial charge in [-0.05, 0) is 24.6 Å². The molecule has 0 aliphatic carbocycles. The van der Waals surface area contributed by atoms with E-state index in [9.17, 15) is 4.79 Å². The number of esters is 1. The normalized spacial score (nSPS) is 10.8. The number of aromatic nitrogens is 2. The highest BCUT2D eigenvalue weighted by atomic mass is 32.2. The first-order chi connectivity index (χ1) is 11.3. The number of imidazole rings is 1. The van der Waals surface area contributed by atoms with E-state index in [1.54, 1.807) is 11.8 Å². The van der Waals surface area contributed by atoms with E-state index in [2.05, 4.69) is 17.1 Å². The fourth-order valence-corrected chi connectivity index (χ4v) is 3.35. The zero-order valence-corrected chi connectivity index (χ0v) is 13.8. The molecule has 0 amide bonds. The van der Waals surface area contributed by atoms with Crippen molar-refractivity contribution < 1.29 is 9.53 Å². The summed E-state index contributed by atoms with van der Waals surface area (Å²) >= 11 is 1.68. The number of benzene rings is 1. The molecule has 0 N–H and O–H groups in total. The molecule has 0 aliphatic heterocycles. The molecule has 0 unspecified atom stereocenters. The Kier molecular flexibility index (Phi) is 4.98. The van der Waals surface area contributed by atoms with Crippen LogP contribution in [0.3, 0.4) is 0 Å². The van der Waals surface area contributed by atoms with Gasteiger partial charge in [0.25, 0.3) is 0 Å². The topological polar surface area (TPSA) is 43.6 Å². The summed E-state index contributed by atoms with van der Waals surface area (Å²) in [5, 5.41) is 0.939. The van der Waals surface area contributed by atoms with Crippen molar-refractivity contribution >= 4 is 23.2 Å². The van der Waals surface area contributed by atoms with Crippen molar-refractivity contribution in [2.24, 2.45) is 0 Å². The number of carbonyl (C=O) groups excluding carboxylic acids is 1. The minimum absolute atomic E-state index is 0.185. The number of fused-ring (bicyclic) bond motifs is 1. The number of thioether (sulfide) groups is 1. The van der Waals surface area contributed by atoms with Crippen LogP contribution in [0.2, 0.25) is 0 Å². The Hall–Kier alpha value is -2.27. The second-order valence-corrected chi connectivity index (χ2v) is 6.01. The van der Waals surface area contributed by atoms with Gasteiger partial charge in [0.15, 0.2) is 0 Å². The standard InChI is InChI=1S/C18H18N2O2S/c1-2-22-17(21)12-16-19-18(15-10-6-7-11-20(15)16)23-13-14-8-4-3-5-9-14/h3-11H,2,12-13H2,1H3. The van der Waals surface area contributed by atoms with Crippen molar-refractivity contribution in [2.45, 2.75) is 24.1 Å². The summed E-state index contributed by atoms with van der Waals surface area (Å²) in [4.78, 5) is 16.4. The number of hydrogen-bond acceptors (Lipinski definition) is 4. The zero-order chi connectivity index (χ0) is 16.1. The maximum Gasteiger partial charge on any atom is 0.313 e. The van der Waals surface area contributed by atoms with E-state index in [4.69, 9.17) is 4.74 Å². The van der Waals surface area contributed by atoms with Crippen LogP contribution < -0.4 is 0 Å². The molecule has 0 saturated heterocycles. The molecule has 2 heterocycles. The van der Waals surface area contributed by atoms with Gasteiger partial charge in [-0.3, -0.25) is 4.79 Å². The van der Waals surface area contributed by atoms with Gasteiger partial charge < -0.3 is 9.14 Å². The number of pyridine rings is 1. The van der Waals surface area contributed by atoms with Gasteiger partial charge >= 0.3 is 5.97 Å². The highest BCUT2D eigenvalue weighted by molar-refractivity contribution is 7.98. The van der Waals surface area contributed by atoms with Gasteiger partial charge in [0.1, 0.15) is 17.3 Å². The molecule has 1 aromatic carbocycles. The first-order valence-corrected chi connectivity index (χ1v) is 8.55. The summed E-state index contributed by atoms with van der Waals surface area (Å²) in [5.74, 6) is 1.32. The van der Waals surface area contributed by atoms with Crippen LogP contribution in [0.5, 0.6) is 0 Å². The van der Waals surface area contributed by atoms with Crippen molar-refractivity contribution in [3.63, 3.8) is 0 Å². The van der Waals surface area contributed by atoms with Gasteiger partial charge in [-0.2, -0.15) is 0 Å². The summed E-state index contributed by atoms with van der Waals surface area (Å²) in [5.41, 5.74) is 2.27. The molecule has 0 aliphatic rings. The lowest BCUT2D eigenvalue weighted by Gasteiger charge is -2.01. The van der Waals surface area contributed by atoms with Crippen LogP contribution in [0.25, 0.3) is 5.52 Å². The third-order valence-electron chi connectivity index (χ3n) is 3.41. The van der Waals surface area contributed by atoms with Crippen LogP contribution in [0.1, 0.15) is 18.3 Å². The van der Waals surface area contributed by atoms with E-state index in [0.717, 1.165) is 22.1 Å². The summed E-state index contributed by atoms with van der Waals surface area (Å²) in [7, 11) is 0. The van der Waals surface area contributed by atoms with Gasteiger partial charge in [0, 0.05) is 11.9 Å². The minimum Gasteiger partial charge on any atom is -0.466 e. The Labute approximate surface area is 139 Å². The molecule has 0 radical (unpaired) electrons. The fraction of sp³-hybridized carbons (Fsp3) is 0.222. The number of nitrogens with zero attached hydrogens (tertiary/aromatic N) is 2. The molecule has 3 rings (SSSR count). The van der Waals surface area contributed by atoms with Crippen LogP contribution in [0.15, 0.2) is 59.8 Å². The fourth-order valence-electron chi connectivity index (χ4n) is 2.37. The molecule has 3 aromatic rings. The molecule has 4 nitrogen and oxygen atoms in total. The average molecular weight is 326 g/mol. The molecule has 0 spiro atoms. The summed E-state index contributed by atoms with van der Waals surface area (Å²) in [6, 6.07) is 16.2. The molecule has 5 heteroatoms. The van der Waals surface area contributed by atoms with Crippen molar-refractivity contribution in [2.75, 3.05) is 6.61 Å². The summed E-state index contributed by atoms with van der Waals surface area (Å²) < 4.78 is 7.00. The average Bonchev–Trinajstić information content (AvgIpc) is 2.92. The number of rotatable bonds is 6. The molecule has 23 heavy (non-hydrogen) atoms. The molecular weight excluding hydrogens is 308 g/mol. The van der Waals surface area contributed by atoms with Gasteiger partial charge in [-0.25, -0.2) is 4.98 Å². The number of carbonyl (C=O) groups is 1. The maximum atomic E-state index is 11.8. The summed E-state index contributed by atoms with van der Waals surface area (Å²) in [6.45, 7) is 2.19. The Bertz CT molecular complexity index is 799. The molecule has 0 saturated carbocycles. The van der Waals surface area contributed by atoms with Crippen molar-refractivity contribution in [1.82, 2.24) is 9.38 Å². The predicted octanol–water partition coefficient (Wildman–Crippen LogP) is 3.73. The van der Waals surface area contributed by atoms with E-state index >= 15 is 0 Å². The third-order valence-corrected chi connectivity index (χ3v) is 4.47. The zero-order valence-electron chi connectivity index (χ0n) is 12.9. The van der Waals surface area contributed by atoms with E-state index in [1.807, 2.05) is 53.9 Å². The number of ether oxygens (including phenoxy) is 1. The molecule has 2 aromatic heterocycles. The largest absolute Gasteiger partial charge is 0.466 e. The molecule has 0 fully saturated rings. The van der Waals surface area contributed by atoms with Crippen LogP contribution in [0, 0.1) is 0 Å². The smallest absolute Gasteiger partial charge is 0.313 e. The second kappa shape index (κ2) is 7.33. The molecule has 0 bridgehead atoms. The van der Waals surface area contributed by atoms with Crippen LogP contribution in [-0.2, 0) is 21.7 Å². The lowest BCUT2D eigenvalue weighted by Crippen LogP contribution is -2.10. The van der Waals surface area contributed by atoms with E-state index in [1.165, 1.54) is 5.56 Å². The third kappa shape index (κ3) is 3.74. The highest BCUT2D eigenvalue weighted by Crippen LogP contribution is 2.27. The van der Waals surface area contributed by atoms with Crippen LogP contribution >= 0.6 is 11.8 Å². The lowest BCUT2D eigenvalue weighted by atomic mass is 10.2. The quantitative estimate of drug-likeness (QED) is 0.511. The monoisotopic (exact) mass is 326 g/mol. The Morgan fingerprint density at radius 2 is 1.96 bits per heavy atom. The maximum absolute atomic E-state index is 11.8. The molecule has 0 atom stereocenters. The van der Waals surface area contributed by atoms with Gasteiger partial charge in [0.2, 0.25) is 0 Å². The SMILES string of the molecule is CCOC(=O)Cc1nc(SCc2ccccc2)c2ccccn12. The second-order valence-electron chi connectivity index (χ2n) is 5.05. The Morgan fingerprint density at radius 3 is 2.74 bits per heavy atom. The predicted molar refractivity (Wildman–Crippen MR) is 91.5 cm³/mol.